The summed E-state index contributed by atoms with van der Waals surface area (Å²) in [6, 6.07) is 15.3. The van der Waals surface area contributed by atoms with E-state index in [-0.39, 0.29) is 5.56 Å². The minimum atomic E-state index is -4.50. The zero-order chi connectivity index (χ0) is 20.6. The number of carbonyl (C=O) groups excluding carboxylic acids is 1. The molecule has 29 heavy (non-hydrogen) atoms. The van der Waals surface area contributed by atoms with Crippen LogP contribution in [0.15, 0.2) is 66.9 Å². The third-order valence-corrected chi connectivity index (χ3v) is 4.63. The van der Waals surface area contributed by atoms with Gasteiger partial charge in [-0.2, -0.15) is 13.2 Å². The largest absolute Gasteiger partial charge is 0.416 e. The number of halogens is 3. The molecule has 0 saturated carbocycles. The van der Waals surface area contributed by atoms with Crippen molar-refractivity contribution in [2.45, 2.75) is 13.1 Å². The van der Waals surface area contributed by atoms with Gasteiger partial charge < -0.3 is 10.3 Å². The van der Waals surface area contributed by atoms with E-state index in [9.17, 15) is 18.0 Å². The Bertz CT molecular complexity index is 1210. The molecule has 0 aliphatic carbocycles. The fraction of sp³-hybridized carbons (Fsp3) is 0.0909. The Morgan fingerprint density at radius 3 is 2.66 bits per heavy atom. The lowest BCUT2D eigenvalue weighted by Gasteiger charge is -2.12. The number of carbonyl (C=O) groups is 1. The molecule has 7 heteroatoms. The van der Waals surface area contributed by atoms with Gasteiger partial charge >= 0.3 is 6.18 Å². The van der Waals surface area contributed by atoms with Crippen LogP contribution < -0.4 is 5.32 Å². The number of aromatic nitrogens is 2. The van der Waals surface area contributed by atoms with Crippen molar-refractivity contribution in [1.29, 1.82) is 0 Å². The number of aromatic amines is 1. The van der Waals surface area contributed by atoms with Crippen LogP contribution in [0.2, 0.25) is 0 Å². The Labute approximate surface area is 164 Å². The highest BCUT2D eigenvalue weighted by molar-refractivity contribution is 6.04. The zero-order valence-electron chi connectivity index (χ0n) is 15.3. The van der Waals surface area contributed by atoms with Crippen LogP contribution in [0.4, 0.5) is 18.9 Å². The van der Waals surface area contributed by atoms with Crippen molar-refractivity contribution in [2.75, 3.05) is 5.32 Å². The summed E-state index contributed by atoms with van der Waals surface area (Å²) >= 11 is 0. The topological polar surface area (TPSA) is 57.8 Å². The average molecular weight is 395 g/mol. The molecule has 2 heterocycles. The van der Waals surface area contributed by atoms with E-state index in [1.165, 1.54) is 12.1 Å². The van der Waals surface area contributed by atoms with Crippen LogP contribution in [0, 0.1) is 6.92 Å². The lowest BCUT2D eigenvalue weighted by molar-refractivity contribution is -0.137. The second-order valence-electron chi connectivity index (χ2n) is 6.67. The predicted molar refractivity (Wildman–Crippen MR) is 106 cm³/mol. The van der Waals surface area contributed by atoms with Gasteiger partial charge in [-0.3, -0.25) is 4.79 Å². The summed E-state index contributed by atoms with van der Waals surface area (Å²) in [7, 11) is 0. The smallest absolute Gasteiger partial charge is 0.360 e. The summed E-state index contributed by atoms with van der Waals surface area (Å²) in [6.45, 7) is 1.93. The molecule has 0 spiro atoms. The molecule has 4 nitrogen and oxygen atoms in total. The third kappa shape index (κ3) is 3.85. The number of alkyl halides is 3. The number of nitrogens with one attached hydrogen (secondary N) is 2. The minimum absolute atomic E-state index is 0.0613. The van der Waals surface area contributed by atoms with Crippen molar-refractivity contribution in [1.82, 2.24) is 9.97 Å². The fourth-order valence-electron chi connectivity index (χ4n) is 3.10. The summed E-state index contributed by atoms with van der Waals surface area (Å²) in [5.41, 5.74) is 3.82. The molecule has 0 atom stereocenters. The van der Waals surface area contributed by atoms with Crippen LogP contribution in [0.25, 0.3) is 22.3 Å². The van der Waals surface area contributed by atoms with Crippen LogP contribution >= 0.6 is 0 Å². The molecule has 0 aliphatic heterocycles. The summed E-state index contributed by atoms with van der Waals surface area (Å²) in [4.78, 5) is 20.2. The van der Waals surface area contributed by atoms with E-state index >= 15 is 0 Å². The van der Waals surface area contributed by atoms with Gasteiger partial charge in [-0.05, 0) is 61.0 Å². The van der Waals surface area contributed by atoms with Crippen molar-refractivity contribution >= 4 is 22.6 Å². The van der Waals surface area contributed by atoms with E-state index in [1.807, 2.05) is 31.2 Å². The van der Waals surface area contributed by atoms with Gasteiger partial charge in [0, 0.05) is 23.0 Å². The van der Waals surface area contributed by atoms with Crippen LogP contribution in [-0.4, -0.2) is 15.9 Å². The summed E-state index contributed by atoms with van der Waals surface area (Å²) < 4.78 is 38.7. The Morgan fingerprint density at radius 2 is 1.86 bits per heavy atom. The standard InChI is InChI=1S/C22H16F3N3O/c1-13-5-6-16(12-17(13)18-7-8-19-20(28-18)9-10-26-19)27-21(29)14-3-2-4-15(11-14)22(23,24)25/h2-12,26H,1H3,(H,27,29). The van der Waals surface area contributed by atoms with Gasteiger partial charge in [-0.1, -0.05) is 12.1 Å². The van der Waals surface area contributed by atoms with Gasteiger partial charge in [0.1, 0.15) is 0 Å². The second-order valence-corrected chi connectivity index (χ2v) is 6.67. The number of H-pyrrole nitrogens is 1. The van der Waals surface area contributed by atoms with Gasteiger partial charge in [0.15, 0.2) is 0 Å². The maximum absolute atomic E-state index is 12.9. The van der Waals surface area contributed by atoms with Crippen molar-refractivity contribution in [2.24, 2.45) is 0 Å². The number of anilines is 1. The van der Waals surface area contributed by atoms with E-state index < -0.39 is 17.6 Å². The van der Waals surface area contributed by atoms with Crippen LogP contribution in [-0.2, 0) is 6.18 Å². The van der Waals surface area contributed by atoms with Gasteiger partial charge in [-0.15, -0.1) is 0 Å². The van der Waals surface area contributed by atoms with E-state index in [2.05, 4.69) is 15.3 Å². The molecule has 2 aromatic heterocycles. The van der Waals surface area contributed by atoms with Gasteiger partial charge in [0.05, 0.1) is 22.3 Å². The van der Waals surface area contributed by atoms with Gasteiger partial charge in [-0.25, -0.2) is 4.98 Å². The van der Waals surface area contributed by atoms with Crippen LogP contribution in [0.3, 0.4) is 0 Å². The van der Waals surface area contributed by atoms with Crippen molar-refractivity contribution in [3.05, 3.63) is 83.6 Å². The highest BCUT2D eigenvalue weighted by Gasteiger charge is 2.30. The number of pyridine rings is 1. The molecule has 0 radical (unpaired) electrons. The molecule has 4 rings (SSSR count). The molecule has 4 aromatic rings. The number of fused-ring (bicyclic) bond motifs is 1. The van der Waals surface area contributed by atoms with Crippen LogP contribution in [0.1, 0.15) is 21.5 Å². The number of benzene rings is 2. The molecule has 1 amide bonds. The molecule has 2 aromatic carbocycles. The normalized spacial score (nSPS) is 11.6. The van der Waals surface area contributed by atoms with Gasteiger partial charge in [0.25, 0.3) is 5.91 Å². The number of nitrogens with zero attached hydrogens (tertiary/aromatic N) is 1. The van der Waals surface area contributed by atoms with Crippen LogP contribution in [0.5, 0.6) is 0 Å². The Balaban J connectivity index is 1.63. The Hall–Kier alpha value is -3.61. The lowest BCUT2D eigenvalue weighted by Crippen LogP contribution is -2.14. The number of hydrogen-bond acceptors (Lipinski definition) is 2. The average Bonchev–Trinajstić information content (AvgIpc) is 3.16. The highest BCUT2D eigenvalue weighted by atomic mass is 19.4. The molecule has 2 N–H and O–H groups in total. The monoisotopic (exact) mass is 395 g/mol. The first-order valence-corrected chi connectivity index (χ1v) is 8.85. The summed E-state index contributed by atoms with van der Waals surface area (Å²) in [6.07, 6.45) is -2.70. The van der Waals surface area contributed by atoms with E-state index in [4.69, 9.17) is 0 Å². The lowest BCUT2D eigenvalue weighted by atomic mass is 10.0. The highest BCUT2D eigenvalue weighted by Crippen LogP contribution is 2.30. The first kappa shape index (κ1) is 18.7. The first-order valence-electron chi connectivity index (χ1n) is 8.85. The number of aryl methyl sites for hydroxylation is 1. The van der Waals surface area contributed by atoms with Crippen molar-refractivity contribution in [3.63, 3.8) is 0 Å². The van der Waals surface area contributed by atoms with Gasteiger partial charge in [0.2, 0.25) is 0 Å². The molecule has 0 aliphatic rings. The quantitative estimate of drug-likeness (QED) is 0.460. The molecule has 146 valence electrons. The third-order valence-electron chi connectivity index (χ3n) is 4.63. The number of hydrogen-bond donors (Lipinski definition) is 2. The Kier molecular flexibility index (Phi) is 4.58. The Morgan fingerprint density at radius 1 is 1.03 bits per heavy atom. The molecule has 0 bridgehead atoms. The predicted octanol–water partition coefficient (Wildman–Crippen LogP) is 5.81. The van der Waals surface area contributed by atoms with Crippen molar-refractivity contribution in [3.8, 4) is 11.3 Å². The van der Waals surface area contributed by atoms with E-state index in [1.54, 1.807) is 18.3 Å². The zero-order valence-corrected chi connectivity index (χ0v) is 15.3. The van der Waals surface area contributed by atoms with E-state index in [0.29, 0.717) is 5.69 Å². The number of rotatable bonds is 3. The fourth-order valence-corrected chi connectivity index (χ4v) is 3.10. The molecular formula is C22H16F3N3O. The molecule has 0 unspecified atom stereocenters. The first-order chi connectivity index (χ1) is 13.8. The number of amides is 1. The minimum Gasteiger partial charge on any atom is -0.360 e. The maximum atomic E-state index is 12.9. The van der Waals surface area contributed by atoms with E-state index in [0.717, 1.165) is 40.0 Å². The summed E-state index contributed by atoms with van der Waals surface area (Å²) in [5.74, 6) is -0.611. The second kappa shape index (κ2) is 7.09. The SMILES string of the molecule is Cc1ccc(NC(=O)c2cccc(C(F)(F)F)c2)cc1-c1ccc2[nH]ccc2n1. The molecular weight excluding hydrogens is 379 g/mol. The summed E-state index contributed by atoms with van der Waals surface area (Å²) in [5, 5.41) is 2.67. The molecule has 0 fully saturated rings. The van der Waals surface area contributed by atoms with Crippen molar-refractivity contribution < 1.29 is 18.0 Å². The molecule has 0 saturated heterocycles. The maximum Gasteiger partial charge on any atom is 0.416 e.